The van der Waals surface area contributed by atoms with Gasteiger partial charge in [0, 0.05) is 21.5 Å². The van der Waals surface area contributed by atoms with E-state index in [1.807, 2.05) is 34.8 Å². The lowest BCUT2D eigenvalue weighted by molar-refractivity contribution is 0.854. The molecular formula is C20H12BrClN4S. The lowest BCUT2D eigenvalue weighted by Gasteiger charge is -2.05. The largest absolute Gasteiger partial charge is 0.234 e. The molecule has 0 saturated carbocycles. The van der Waals surface area contributed by atoms with Crippen molar-refractivity contribution in [1.29, 1.82) is 0 Å². The second kappa shape index (κ2) is 6.71. The number of halogens is 2. The van der Waals surface area contributed by atoms with Crippen LogP contribution in [0.3, 0.4) is 0 Å². The first-order valence-electron chi connectivity index (χ1n) is 8.32. The Morgan fingerprint density at radius 1 is 0.926 bits per heavy atom. The van der Waals surface area contributed by atoms with Gasteiger partial charge >= 0.3 is 0 Å². The van der Waals surface area contributed by atoms with Crippen LogP contribution in [0, 0.1) is 0 Å². The van der Waals surface area contributed by atoms with Crippen molar-refractivity contribution in [2.24, 2.45) is 0 Å². The number of hydrogen-bond acceptors (Lipinski definition) is 4. The number of rotatable bonds is 3. The van der Waals surface area contributed by atoms with Crippen molar-refractivity contribution in [3.8, 4) is 10.6 Å². The molecule has 2 aromatic heterocycles. The minimum Gasteiger partial charge on any atom is -0.187 e. The van der Waals surface area contributed by atoms with E-state index in [0.29, 0.717) is 6.42 Å². The molecule has 132 valence electrons. The van der Waals surface area contributed by atoms with Crippen LogP contribution in [-0.2, 0) is 6.42 Å². The van der Waals surface area contributed by atoms with E-state index in [9.17, 15) is 0 Å². The van der Waals surface area contributed by atoms with Gasteiger partial charge in [-0.25, -0.2) is 0 Å². The van der Waals surface area contributed by atoms with Gasteiger partial charge in [-0.1, -0.05) is 81.3 Å². The molecule has 0 amide bonds. The maximum atomic E-state index is 5.97. The number of fused-ring (bicyclic) bond motifs is 2. The Morgan fingerprint density at radius 2 is 1.70 bits per heavy atom. The van der Waals surface area contributed by atoms with Crippen LogP contribution in [0.15, 0.2) is 65.1 Å². The predicted octanol–water partition coefficient (Wildman–Crippen LogP) is 6.01. The van der Waals surface area contributed by atoms with Crippen LogP contribution in [-0.4, -0.2) is 19.8 Å². The Morgan fingerprint density at radius 3 is 2.56 bits per heavy atom. The first-order valence-corrected chi connectivity index (χ1v) is 10.3. The molecule has 0 bridgehead atoms. The van der Waals surface area contributed by atoms with E-state index in [4.69, 9.17) is 16.7 Å². The summed E-state index contributed by atoms with van der Waals surface area (Å²) in [5.74, 6) is 0.816. The van der Waals surface area contributed by atoms with Crippen molar-refractivity contribution in [2.75, 3.05) is 0 Å². The third-order valence-electron chi connectivity index (χ3n) is 4.43. The van der Waals surface area contributed by atoms with E-state index >= 15 is 0 Å². The fourth-order valence-corrected chi connectivity index (χ4v) is 4.64. The van der Waals surface area contributed by atoms with Gasteiger partial charge in [-0.15, -0.1) is 10.2 Å². The van der Waals surface area contributed by atoms with Crippen molar-refractivity contribution in [3.05, 3.63) is 81.5 Å². The summed E-state index contributed by atoms with van der Waals surface area (Å²) in [6.07, 6.45) is 0.655. The van der Waals surface area contributed by atoms with Crippen LogP contribution in [0.2, 0.25) is 5.02 Å². The first kappa shape index (κ1) is 16.9. The van der Waals surface area contributed by atoms with Gasteiger partial charge in [0.05, 0.1) is 0 Å². The predicted molar refractivity (Wildman–Crippen MR) is 114 cm³/mol. The van der Waals surface area contributed by atoms with Crippen molar-refractivity contribution in [3.63, 3.8) is 0 Å². The Bertz CT molecular complexity index is 1280. The summed E-state index contributed by atoms with van der Waals surface area (Å²) in [7, 11) is 0. The molecule has 0 aliphatic carbocycles. The highest BCUT2D eigenvalue weighted by Crippen LogP contribution is 2.34. The topological polar surface area (TPSA) is 43.1 Å². The molecule has 0 saturated heterocycles. The lowest BCUT2D eigenvalue weighted by atomic mass is 10.1. The zero-order valence-electron chi connectivity index (χ0n) is 13.9. The Balaban J connectivity index is 1.59. The Kier molecular flexibility index (Phi) is 4.19. The third-order valence-corrected chi connectivity index (χ3v) is 6.31. The lowest BCUT2D eigenvalue weighted by Crippen LogP contribution is -1.97. The minimum absolute atomic E-state index is 0.655. The molecule has 0 atom stereocenters. The summed E-state index contributed by atoms with van der Waals surface area (Å²) in [4.78, 5) is 0.793. The molecule has 0 aliphatic rings. The van der Waals surface area contributed by atoms with Gasteiger partial charge in [-0.05, 0) is 34.5 Å². The number of aromatic nitrogens is 4. The monoisotopic (exact) mass is 454 g/mol. The molecule has 27 heavy (non-hydrogen) atoms. The van der Waals surface area contributed by atoms with Crippen LogP contribution in [0.1, 0.15) is 11.4 Å². The molecule has 2 heterocycles. The maximum Gasteiger partial charge on any atom is 0.234 e. The van der Waals surface area contributed by atoms with Crippen LogP contribution >= 0.6 is 38.9 Å². The van der Waals surface area contributed by atoms with E-state index in [-0.39, 0.29) is 0 Å². The molecule has 5 aromatic rings. The SMILES string of the molecule is Clc1ccc(Cc2nnc3sc(-c4cccc5c(Br)cccc45)nn23)cc1. The van der Waals surface area contributed by atoms with Crippen LogP contribution in [0.5, 0.6) is 0 Å². The molecule has 5 rings (SSSR count). The van der Waals surface area contributed by atoms with E-state index in [0.717, 1.165) is 41.8 Å². The van der Waals surface area contributed by atoms with Gasteiger partial charge in [0.2, 0.25) is 4.96 Å². The zero-order chi connectivity index (χ0) is 18.4. The molecule has 0 fully saturated rings. The average molecular weight is 456 g/mol. The van der Waals surface area contributed by atoms with Gasteiger partial charge in [-0.3, -0.25) is 0 Å². The van der Waals surface area contributed by atoms with E-state index in [2.05, 4.69) is 56.5 Å². The van der Waals surface area contributed by atoms with Gasteiger partial charge in [-0.2, -0.15) is 9.61 Å². The number of nitrogens with zero attached hydrogens (tertiary/aromatic N) is 4. The van der Waals surface area contributed by atoms with Gasteiger partial charge < -0.3 is 0 Å². The van der Waals surface area contributed by atoms with Crippen molar-refractivity contribution in [2.45, 2.75) is 6.42 Å². The zero-order valence-corrected chi connectivity index (χ0v) is 17.1. The van der Waals surface area contributed by atoms with E-state index in [1.165, 1.54) is 5.39 Å². The molecule has 0 N–H and O–H groups in total. The first-order chi connectivity index (χ1) is 13.2. The second-order valence-corrected chi connectivity index (χ2v) is 8.41. The van der Waals surface area contributed by atoms with Crippen LogP contribution in [0.25, 0.3) is 26.3 Å². The number of benzene rings is 3. The highest BCUT2D eigenvalue weighted by Gasteiger charge is 2.15. The Labute approximate surface area is 172 Å². The molecule has 0 radical (unpaired) electrons. The van der Waals surface area contributed by atoms with Gasteiger partial charge in [0.1, 0.15) is 5.01 Å². The number of hydrogen-bond donors (Lipinski definition) is 0. The van der Waals surface area contributed by atoms with E-state index in [1.54, 1.807) is 11.3 Å². The van der Waals surface area contributed by atoms with Crippen LogP contribution in [0.4, 0.5) is 0 Å². The highest BCUT2D eigenvalue weighted by atomic mass is 79.9. The summed E-state index contributed by atoms with van der Waals surface area (Å²) in [5.41, 5.74) is 2.22. The normalized spacial score (nSPS) is 11.5. The molecule has 0 aliphatic heterocycles. The van der Waals surface area contributed by atoms with Crippen molar-refractivity contribution < 1.29 is 0 Å². The standard InChI is InChI=1S/C20H12BrClN4S/c21-17-6-2-3-14-15(17)4-1-5-16(14)19-25-26-18(23-24-20(26)27-19)11-12-7-9-13(22)10-8-12/h1-10H,11H2. The quantitative estimate of drug-likeness (QED) is 0.334. The van der Waals surface area contributed by atoms with Gasteiger partial charge in [0.15, 0.2) is 5.82 Å². The summed E-state index contributed by atoms with van der Waals surface area (Å²) < 4.78 is 2.92. The summed E-state index contributed by atoms with van der Waals surface area (Å²) >= 11 is 11.1. The maximum absolute atomic E-state index is 5.97. The van der Waals surface area contributed by atoms with E-state index < -0.39 is 0 Å². The molecule has 0 spiro atoms. The summed E-state index contributed by atoms with van der Waals surface area (Å²) in [5, 5.41) is 17.4. The third kappa shape index (κ3) is 3.04. The van der Waals surface area contributed by atoms with Crippen molar-refractivity contribution in [1.82, 2.24) is 19.8 Å². The summed E-state index contributed by atoms with van der Waals surface area (Å²) in [6.45, 7) is 0. The molecule has 4 nitrogen and oxygen atoms in total. The van der Waals surface area contributed by atoms with Gasteiger partial charge in [0.25, 0.3) is 0 Å². The molecule has 7 heteroatoms. The average Bonchev–Trinajstić information content (AvgIpc) is 3.25. The van der Waals surface area contributed by atoms with Crippen molar-refractivity contribution >= 4 is 54.6 Å². The molecule has 0 unspecified atom stereocenters. The second-order valence-electron chi connectivity index (χ2n) is 6.16. The fraction of sp³-hybridized carbons (Fsp3) is 0.0500. The highest BCUT2D eigenvalue weighted by molar-refractivity contribution is 9.10. The fourth-order valence-electron chi connectivity index (χ4n) is 3.12. The molecule has 3 aromatic carbocycles. The van der Waals surface area contributed by atoms with Crippen LogP contribution < -0.4 is 0 Å². The summed E-state index contributed by atoms with van der Waals surface area (Å²) in [6, 6.07) is 20.2. The Hall–Kier alpha value is -2.28. The molecular weight excluding hydrogens is 444 g/mol. The smallest absolute Gasteiger partial charge is 0.187 e. The minimum atomic E-state index is 0.655.